The summed E-state index contributed by atoms with van der Waals surface area (Å²) in [6.07, 6.45) is -8.48. The highest BCUT2D eigenvalue weighted by Crippen LogP contribution is 2.90. The van der Waals surface area contributed by atoms with Crippen molar-refractivity contribution >= 4 is 5.78 Å². The van der Waals surface area contributed by atoms with Gasteiger partial charge in [-0.1, -0.05) is 34.6 Å². The average molecular weight is 843 g/mol. The number of hydrogen-bond acceptors (Lipinski definition) is 16. The van der Waals surface area contributed by atoms with Crippen molar-refractivity contribution in [2.24, 2.45) is 50.7 Å². The van der Waals surface area contributed by atoms with E-state index in [2.05, 4.69) is 34.6 Å². The monoisotopic (exact) mass is 842 g/mol. The van der Waals surface area contributed by atoms with Crippen molar-refractivity contribution in [2.75, 3.05) is 26.9 Å². The number of methoxy groups -OCH3 is 1. The molecule has 0 unspecified atom stereocenters. The van der Waals surface area contributed by atoms with Gasteiger partial charge in [0.25, 0.3) is 0 Å². The molecule has 338 valence electrons. The second-order valence-corrected chi connectivity index (χ2v) is 21.2. The van der Waals surface area contributed by atoms with E-state index in [4.69, 9.17) is 28.4 Å². The third-order valence-electron chi connectivity index (χ3n) is 18.5. The van der Waals surface area contributed by atoms with Gasteiger partial charge in [0, 0.05) is 25.9 Å². The zero-order valence-electron chi connectivity index (χ0n) is 35.6. The highest BCUT2D eigenvalue weighted by atomic mass is 16.8. The minimum atomic E-state index is -1.83. The van der Waals surface area contributed by atoms with E-state index in [1.807, 2.05) is 0 Å². The van der Waals surface area contributed by atoms with Gasteiger partial charge in [-0.2, -0.15) is 0 Å². The highest BCUT2D eigenvalue weighted by molar-refractivity contribution is 5.87. The Morgan fingerprint density at radius 1 is 0.729 bits per heavy atom. The smallest absolute Gasteiger partial charge is 0.187 e. The fourth-order valence-electron chi connectivity index (χ4n) is 15.2. The maximum absolute atomic E-state index is 13.1. The Hall–Kier alpha value is -0.930. The molecule has 0 radical (unpaired) electrons. The van der Waals surface area contributed by atoms with Crippen LogP contribution in [0.1, 0.15) is 99.3 Å². The number of ether oxygens (including phenoxy) is 6. The van der Waals surface area contributed by atoms with Crippen LogP contribution in [0.4, 0.5) is 0 Å². The van der Waals surface area contributed by atoms with Gasteiger partial charge in [-0.15, -0.1) is 0 Å². The average Bonchev–Trinajstić information content (AvgIpc) is 3.71. The fraction of sp³-hybridized carbons (Fsp3) is 0.977. The molecule has 0 aromatic rings. The Morgan fingerprint density at radius 3 is 1.97 bits per heavy atom. The Bertz CT molecular complexity index is 1590. The third kappa shape index (κ3) is 6.13. The zero-order valence-corrected chi connectivity index (χ0v) is 35.6. The summed E-state index contributed by atoms with van der Waals surface area (Å²) in [5.41, 5.74) is -2.25. The topological polar surface area (TPSA) is 255 Å². The number of Topliss-reactive ketones (excluding diaryl/α,β-unsaturated/α-hetero) is 1. The molecule has 59 heavy (non-hydrogen) atoms. The molecule has 0 amide bonds. The van der Waals surface area contributed by atoms with E-state index in [1.54, 1.807) is 7.11 Å². The van der Waals surface area contributed by atoms with Crippen molar-refractivity contribution in [1.29, 1.82) is 0 Å². The lowest BCUT2D eigenvalue weighted by Crippen LogP contribution is -2.65. The summed E-state index contributed by atoms with van der Waals surface area (Å²) in [6, 6.07) is 0. The van der Waals surface area contributed by atoms with Gasteiger partial charge in [0.05, 0.1) is 32.0 Å². The molecular formula is C43H70O16. The molecule has 3 aliphatic heterocycles. The standard InChI is InChI=1S/C43H70O16/c1-20-21(14-26(47)40(6,53)19-46)59-43(54-7)17-39(5)25-9-8-24-37(2,3)27(10-11-41(24)18-42(25,41)13-12-38(39,4)34(20)43)57-36-33(31(51)29(49)23(16-45)56-36)58-35-32(52)30(50)28(48)22(15-44)55-35/h20-25,27-36,44-46,48-53H,8-19H2,1-7H3/t20-,21-,22+,23+,24+,25+,27-,28+,29+,30-,31-,32+,33+,34-,35-,36-,38-,39-,40-,41+,42-,43+/m1/s1. The van der Waals surface area contributed by atoms with Gasteiger partial charge in [-0.3, -0.25) is 4.79 Å². The van der Waals surface area contributed by atoms with Crippen LogP contribution >= 0.6 is 0 Å². The molecule has 8 aliphatic rings. The van der Waals surface area contributed by atoms with Crippen LogP contribution < -0.4 is 0 Å². The zero-order chi connectivity index (χ0) is 43.0. The molecule has 16 nitrogen and oxygen atoms in total. The van der Waals surface area contributed by atoms with Crippen LogP contribution in [0.5, 0.6) is 0 Å². The maximum Gasteiger partial charge on any atom is 0.187 e. The normalized spacial score (nSPS) is 55.9. The van der Waals surface area contributed by atoms with Crippen molar-refractivity contribution in [3.05, 3.63) is 0 Å². The summed E-state index contributed by atoms with van der Waals surface area (Å²) >= 11 is 0. The summed E-state index contributed by atoms with van der Waals surface area (Å²) in [5, 5.41) is 93.7. The molecule has 3 heterocycles. The number of fused-ring (bicyclic) bond motifs is 4. The predicted octanol–water partition coefficient (Wildman–Crippen LogP) is 0.125. The van der Waals surface area contributed by atoms with E-state index in [0.717, 1.165) is 38.5 Å². The Kier molecular flexibility index (Phi) is 11.2. The molecule has 0 aromatic carbocycles. The first-order chi connectivity index (χ1) is 27.6. The maximum atomic E-state index is 13.1. The largest absolute Gasteiger partial charge is 0.394 e. The van der Waals surface area contributed by atoms with Crippen LogP contribution in [-0.4, -0.2) is 164 Å². The first kappa shape index (κ1) is 44.7. The number of carbonyl (C=O) groups is 1. The summed E-state index contributed by atoms with van der Waals surface area (Å²) in [6.45, 7) is 10.9. The Morgan fingerprint density at radius 2 is 1.34 bits per heavy atom. The van der Waals surface area contributed by atoms with Gasteiger partial charge >= 0.3 is 0 Å². The molecule has 5 aliphatic carbocycles. The van der Waals surface area contributed by atoms with E-state index in [9.17, 15) is 50.8 Å². The lowest BCUT2D eigenvalue weighted by atomic mass is 9.41. The van der Waals surface area contributed by atoms with Gasteiger partial charge < -0.3 is 74.4 Å². The van der Waals surface area contributed by atoms with Crippen molar-refractivity contribution < 1.29 is 79.2 Å². The summed E-state index contributed by atoms with van der Waals surface area (Å²) in [4.78, 5) is 13.1. The van der Waals surface area contributed by atoms with Crippen LogP contribution in [-0.2, 0) is 33.2 Å². The molecule has 0 aromatic heterocycles. The number of aliphatic hydroxyl groups is 9. The van der Waals surface area contributed by atoms with Gasteiger partial charge in [-0.25, -0.2) is 0 Å². The predicted molar refractivity (Wildman–Crippen MR) is 205 cm³/mol. The van der Waals surface area contributed by atoms with Crippen molar-refractivity contribution in [1.82, 2.24) is 0 Å². The van der Waals surface area contributed by atoms with Crippen LogP contribution in [0, 0.1) is 50.7 Å². The van der Waals surface area contributed by atoms with E-state index >= 15 is 0 Å². The lowest BCUT2D eigenvalue weighted by Gasteiger charge is -2.63. The first-order valence-electron chi connectivity index (χ1n) is 21.9. The first-order valence-corrected chi connectivity index (χ1v) is 21.9. The molecule has 9 N–H and O–H groups in total. The molecule has 22 atom stereocenters. The lowest BCUT2D eigenvalue weighted by molar-refractivity contribution is -0.377. The molecule has 0 bridgehead atoms. The van der Waals surface area contributed by atoms with Crippen molar-refractivity contribution in [3.8, 4) is 0 Å². The molecule has 8 rings (SSSR count). The number of aliphatic hydroxyl groups excluding tert-OH is 8. The quantitative estimate of drug-likeness (QED) is 0.125. The minimum absolute atomic E-state index is 0.00628. The van der Waals surface area contributed by atoms with Gasteiger partial charge in [0.1, 0.15) is 54.4 Å². The third-order valence-corrected chi connectivity index (χ3v) is 18.5. The van der Waals surface area contributed by atoms with Gasteiger partial charge in [-0.05, 0) is 96.7 Å². The molecule has 5 saturated carbocycles. The SMILES string of the molecule is CO[C@]12C[C@]3(C)[C@@H]4CC[C@H]5C(C)(C)[C@H](O[C@H]6O[C@@H](CO)[C@H](O)[C@@H](O)[C@@H]6O[C@H]6O[C@@H](CO)[C@H](O)[C@@H](O)[C@@H]6O)CC[C@]56C[C@]46CC[C@]3(C)[C@H]1[C@H](C)[C@@H](CC(=O)[C@](C)(O)CO)O2. The Balaban J connectivity index is 1.01. The number of hydrogen-bond donors (Lipinski definition) is 9. The van der Waals surface area contributed by atoms with E-state index < -0.39 is 105 Å². The molecule has 16 heteroatoms. The van der Waals surface area contributed by atoms with Crippen LogP contribution in [0.15, 0.2) is 0 Å². The highest BCUT2D eigenvalue weighted by Gasteiger charge is 2.85. The molecule has 2 spiro atoms. The molecule has 8 fully saturated rings. The molecule has 3 saturated heterocycles. The number of carbonyl (C=O) groups excluding carboxylic acids is 1. The Labute approximate surface area is 346 Å². The van der Waals surface area contributed by atoms with E-state index in [1.165, 1.54) is 6.92 Å². The summed E-state index contributed by atoms with van der Waals surface area (Å²) < 4.78 is 37.7. The van der Waals surface area contributed by atoms with Crippen LogP contribution in [0.25, 0.3) is 0 Å². The second kappa shape index (κ2) is 14.8. The number of ketones is 1. The summed E-state index contributed by atoms with van der Waals surface area (Å²) in [7, 11) is 1.71. The fourth-order valence-corrected chi connectivity index (χ4v) is 15.2. The molecular weight excluding hydrogens is 772 g/mol. The van der Waals surface area contributed by atoms with Crippen molar-refractivity contribution in [2.45, 2.75) is 184 Å². The van der Waals surface area contributed by atoms with Crippen LogP contribution in [0.2, 0.25) is 0 Å². The van der Waals surface area contributed by atoms with Crippen LogP contribution in [0.3, 0.4) is 0 Å². The van der Waals surface area contributed by atoms with Gasteiger partial charge in [0.15, 0.2) is 24.2 Å². The van der Waals surface area contributed by atoms with E-state index in [-0.39, 0.29) is 57.4 Å². The second-order valence-electron chi connectivity index (χ2n) is 21.2. The van der Waals surface area contributed by atoms with Crippen molar-refractivity contribution in [3.63, 3.8) is 0 Å². The number of rotatable bonds is 11. The van der Waals surface area contributed by atoms with E-state index in [0.29, 0.717) is 18.8 Å². The minimum Gasteiger partial charge on any atom is -0.394 e. The van der Waals surface area contributed by atoms with Gasteiger partial charge in [0.2, 0.25) is 0 Å². The summed E-state index contributed by atoms with van der Waals surface area (Å²) in [5.74, 6) is -0.566.